The molecule has 6 heteroatoms. The number of primary amides is 1. The Labute approximate surface area is 113 Å². The number of aromatic nitrogens is 2. The van der Waals surface area contributed by atoms with Crippen LogP contribution in [0.2, 0.25) is 0 Å². The quantitative estimate of drug-likeness (QED) is 0.845. The summed E-state index contributed by atoms with van der Waals surface area (Å²) in [5.41, 5.74) is 12.3. The summed E-state index contributed by atoms with van der Waals surface area (Å²) in [7, 11) is 1.73. The van der Waals surface area contributed by atoms with E-state index in [0.717, 1.165) is 25.7 Å². The summed E-state index contributed by atoms with van der Waals surface area (Å²) in [6.45, 7) is 2.14. The first-order chi connectivity index (χ1) is 8.93. The van der Waals surface area contributed by atoms with Gasteiger partial charge in [0.2, 0.25) is 5.88 Å². The molecule has 0 aliphatic heterocycles. The Morgan fingerprint density at radius 1 is 1.42 bits per heavy atom. The predicted octanol–water partition coefficient (Wildman–Crippen LogP) is 0.868. The average molecular weight is 266 g/mol. The summed E-state index contributed by atoms with van der Waals surface area (Å²) >= 11 is 0. The van der Waals surface area contributed by atoms with Crippen LogP contribution in [0, 0.1) is 6.92 Å². The van der Waals surface area contributed by atoms with E-state index in [0.29, 0.717) is 23.7 Å². The largest absolute Gasteiger partial charge is 0.475 e. The van der Waals surface area contributed by atoms with Crippen molar-refractivity contribution in [3.8, 4) is 5.88 Å². The van der Waals surface area contributed by atoms with Gasteiger partial charge in [0.15, 0.2) is 0 Å². The molecular formula is C13H22N4O2. The molecule has 0 radical (unpaired) electrons. The van der Waals surface area contributed by atoms with Crippen LogP contribution in [0.15, 0.2) is 0 Å². The number of carbonyl (C=O) groups is 1. The van der Waals surface area contributed by atoms with Gasteiger partial charge in [-0.05, 0) is 19.8 Å². The Balaban J connectivity index is 2.13. The number of hydrogen-bond donors (Lipinski definition) is 2. The van der Waals surface area contributed by atoms with Crippen LogP contribution in [-0.4, -0.2) is 27.8 Å². The zero-order valence-corrected chi connectivity index (χ0v) is 11.6. The van der Waals surface area contributed by atoms with Crippen LogP contribution in [-0.2, 0) is 7.05 Å². The molecule has 0 atom stereocenters. The molecule has 6 nitrogen and oxygen atoms in total. The number of amides is 1. The molecule has 0 bridgehead atoms. The van der Waals surface area contributed by atoms with Gasteiger partial charge in [0.25, 0.3) is 5.91 Å². The second-order valence-electron chi connectivity index (χ2n) is 5.47. The third-order valence-corrected chi connectivity index (χ3v) is 3.76. The highest BCUT2D eigenvalue weighted by molar-refractivity contribution is 5.96. The molecule has 106 valence electrons. The lowest BCUT2D eigenvalue weighted by atomic mass is 9.83. The van der Waals surface area contributed by atoms with Crippen LogP contribution in [0.5, 0.6) is 5.88 Å². The first-order valence-corrected chi connectivity index (χ1v) is 6.68. The van der Waals surface area contributed by atoms with E-state index in [-0.39, 0.29) is 5.54 Å². The van der Waals surface area contributed by atoms with Gasteiger partial charge in [-0.2, -0.15) is 5.10 Å². The van der Waals surface area contributed by atoms with E-state index in [1.54, 1.807) is 18.7 Å². The van der Waals surface area contributed by atoms with Gasteiger partial charge in [-0.1, -0.05) is 19.3 Å². The van der Waals surface area contributed by atoms with Crippen LogP contribution in [0.3, 0.4) is 0 Å². The van der Waals surface area contributed by atoms with Crippen LogP contribution in [0.1, 0.15) is 48.2 Å². The summed E-state index contributed by atoms with van der Waals surface area (Å²) in [5, 5.41) is 4.17. The number of carbonyl (C=O) groups excluding carboxylic acids is 1. The van der Waals surface area contributed by atoms with Crippen molar-refractivity contribution in [2.24, 2.45) is 18.5 Å². The summed E-state index contributed by atoms with van der Waals surface area (Å²) < 4.78 is 7.31. The fraction of sp³-hybridized carbons (Fsp3) is 0.692. The van der Waals surface area contributed by atoms with E-state index >= 15 is 0 Å². The molecule has 1 aromatic heterocycles. The standard InChI is InChI=1S/C13H22N4O2/c1-9-10(11(14)18)12(17(2)16-9)19-8-13(15)6-4-3-5-7-13/h3-8,15H2,1-2H3,(H2,14,18). The molecular weight excluding hydrogens is 244 g/mol. The van der Waals surface area contributed by atoms with Crippen molar-refractivity contribution in [3.05, 3.63) is 11.3 Å². The smallest absolute Gasteiger partial charge is 0.256 e. The van der Waals surface area contributed by atoms with Crippen LogP contribution in [0.25, 0.3) is 0 Å². The first-order valence-electron chi connectivity index (χ1n) is 6.68. The average Bonchev–Trinajstić information content (AvgIpc) is 2.62. The third kappa shape index (κ3) is 2.89. The summed E-state index contributed by atoms with van der Waals surface area (Å²) in [6, 6.07) is 0. The van der Waals surface area contributed by atoms with Gasteiger partial charge in [0.05, 0.1) is 11.2 Å². The molecule has 1 heterocycles. The molecule has 1 aromatic rings. The van der Waals surface area contributed by atoms with Crippen molar-refractivity contribution in [1.29, 1.82) is 0 Å². The maximum absolute atomic E-state index is 11.4. The van der Waals surface area contributed by atoms with Gasteiger partial charge in [0, 0.05) is 7.05 Å². The number of ether oxygens (including phenoxy) is 1. The van der Waals surface area contributed by atoms with Crippen molar-refractivity contribution in [2.45, 2.75) is 44.6 Å². The molecule has 0 saturated heterocycles. The van der Waals surface area contributed by atoms with E-state index in [1.807, 2.05) is 0 Å². The molecule has 0 unspecified atom stereocenters. The molecule has 0 aromatic carbocycles. The lowest BCUT2D eigenvalue weighted by molar-refractivity contribution is 0.0990. The maximum Gasteiger partial charge on any atom is 0.256 e. The second-order valence-corrected chi connectivity index (χ2v) is 5.47. The molecule has 19 heavy (non-hydrogen) atoms. The SMILES string of the molecule is Cc1nn(C)c(OCC2(N)CCCCC2)c1C(N)=O. The van der Waals surface area contributed by atoms with E-state index in [1.165, 1.54) is 6.42 Å². The van der Waals surface area contributed by atoms with Gasteiger partial charge in [0.1, 0.15) is 12.2 Å². The van der Waals surface area contributed by atoms with Gasteiger partial charge in [-0.15, -0.1) is 0 Å². The molecule has 1 aliphatic carbocycles. The molecule has 2 rings (SSSR count). The molecule has 1 saturated carbocycles. The number of hydrogen-bond acceptors (Lipinski definition) is 4. The number of nitrogens with two attached hydrogens (primary N) is 2. The number of rotatable bonds is 4. The third-order valence-electron chi connectivity index (χ3n) is 3.76. The number of nitrogens with zero attached hydrogens (tertiary/aromatic N) is 2. The van der Waals surface area contributed by atoms with Gasteiger partial charge < -0.3 is 16.2 Å². The van der Waals surface area contributed by atoms with Crippen molar-refractivity contribution >= 4 is 5.91 Å². The van der Waals surface area contributed by atoms with E-state index < -0.39 is 5.91 Å². The van der Waals surface area contributed by atoms with Crippen molar-refractivity contribution in [3.63, 3.8) is 0 Å². The van der Waals surface area contributed by atoms with Crippen molar-refractivity contribution in [1.82, 2.24) is 9.78 Å². The Bertz CT molecular complexity index is 475. The summed E-state index contributed by atoms with van der Waals surface area (Å²) in [5.74, 6) is -0.101. The highest BCUT2D eigenvalue weighted by Crippen LogP contribution is 2.28. The minimum Gasteiger partial charge on any atom is -0.475 e. The zero-order chi connectivity index (χ0) is 14.0. The summed E-state index contributed by atoms with van der Waals surface area (Å²) in [6.07, 6.45) is 5.40. The fourth-order valence-electron chi connectivity index (χ4n) is 2.70. The lowest BCUT2D eigenvalue weighted by Gasteiger charge is -2.32. The minimum atomic E-state index is -0.518. The topological polar surface area (TPSA) is 96.2 Å². The molecule has 1 amide bonds. The van der Waals surface area contributed by atoms with Crippen LogP contribution < -0.4 is 16.2 Å². The molecule has 1 fully saturated rings. The van der Waals surface area contributed by atoms with Gasteiger partial charge in [-0.25, -0.2) is 4.68 Å². The monoisotopic (exact) mass is 266 g/mol. The lowest BCUT2D eigenvalue weighted by Crippen LogP contribution is -2.47. The number of aryl methyl sites for hydroxylation is 2. The second kappa shape index (κ2) is 5.21. The maximum atomic E-state index is 11.4. The van der Waals surface area contributed by atoms with Gasteiger partial charge >= 0.3 is 0 Å². The van der Waals surface area contributed by atoms with Crippen LogP contribution in [0.4, 0.5) is 0 Å². The van der Waals surface area contributed by atoms with E-state index in [9.17, 15) is 4.79 Å². The van der Waals surface area contributed by atoms with Gasteiger partial charge in [-0.3, -0.25) is 4.79 Å². The first kappa shape index (κ1) is 13.9. The van der Waals surface area contributed by atoms with E-state index in [2.05, 4.69) is 5.10 Å². The predicted molar refractivity (Wildman–Crippen MR) is 72.0 cm³/mol. The normalized spacial score (nSPS) is 18.3. The van der Waals surface area contributed by atoms with Crippen molar-refractivity contribution < 1.29 is 9.53 Å². The van der Waals surface area contributed by atoms with Crippen molar-refractivity contribution in [2.75, 3.05) is 6.61 Å². The Kier molecular flexibility index (Phi) is 3.80. The zero-order valence-electron chi connectivity index (χ0n) is 11.6. The highest BCUT2D eigenvalue weighted by Gasteiger charge is 2.30. The summed E-state index contributed by atoms with van der Waals surface area (Å²) in [4.78, 5) is 11.4. The molecule has 1 aliphatic rings. The van der Waals surface area contributed by atoms with E-state index in [4.69, 9.17) is 16.2 Å². The Hall–Kier alpha value is -1.56. The highest BCUT2D eigenvalue weighted by atomic mass is 16.5. The molecule has 0 spiro atoms. The Morgan fingerprint density at radius 3 is 2.63 bits per heavy atom. The fourth-order valence-corrected chi connectivity index (χ4v) is 2.70. The molecule has 4 N–H and O–H groups in total. The minimum absolute atomic E-state index is 0.300. The van der Waals surface area contributed by atoms with Crippen LogP contribution >= 0.6 is 0 Å². The Morgan fingerprint density at radius 2 is 2.05 bits per heavy atom.